The van der Waals surface area contributed by atoms with Crippen molar-refractivity contribution in [1.82, 2.24) is 13.7 Å². The minimum atomic E-state index is -0.324. The number of nitrogens with zero attached hydrogens (tertiary/aromatic N) is 3. The Kier molecular flexibility index (Phi) is 8.59. The lowest BCUT2D eigenvalue weighted by atomic mass is 9.76. The lowest BCUT2D eigenvalue weighted by Gasteiger charge is -2.41. The first-order chi connectivity index (χ1) is 30.9. The van der Waals surface area contributed by atoms with E-state index in [0.717, 1.165) is 19.3 Å². The van der Waals surface area contributed by atoms with E-state index in [4.69, 9.17) is 0 Å². The van der Waals surface area contributed by atoms with Crippen LogP contribution in [-0.4, -0.2) is 13.7 Å². The molecule has 0 aliphatic heterocycles. The molecule has 3 nitrogen and oxygen atoms in total. The molecule has 0 aliphatic rings. The molecular formula is C59H51N3S. The molecule has 0 aliphatic carbocycles. The molecule has 63 heavy (non-hydrogen) atoms. The number of hydrogen-bond donors (Lipinski definition) is 0. The van der Waals surface area contributed by atoms with Crippen molar-refractivity contribution in [3.63, 3.8) is 0 Å². The topological polar surface area (TPSA) is 14.8 Å². The number of thiophene rings is 1. The van der Waals surface area contributed by atoms with E-state index in [1.807, 2.05) is 11.3 Å². The Labute approximate surface area is 372 Å². The predicted octanol–water partition coefficient (Wildman–Crippen LogP) is 16.7. The lowest BCUT2D eigenvalue weighted by molar-refractivity contribution is 0.257. The van der Waals surface area contributed by atoms with E-state index in [9.17, 15) is 0 Å². The largest absolute Gasteiger partial charge is 0.330 e. The summed E-state index contributed by atoms with van der Waals surface area (Å²) in [7, 11) is 0. The van der Waals surface area contributed by atoms with Crippen molar-refractivity contribution in [2.24, 2.45) is 5.92 Å². The third-order valence-electron chi connectivity index (χ3n) is 14.8. The molecular weight excluding hydrogens is 783 g/mol. The van der Waals surface area contributed by atoms with Crippen LogP contribution in [0.25, 0.3) is 91.3 Å². The summed E-state index contributed by atoms with van der Waals surface area (Å²) in [5.74, 6) is 0.297. The van der Waals surface area contributed by atoms with Crippen LogP contribution in [0.15, 0.2) is 176 Å². The smallest absolute Gasteiger partial charge is 0.0723 e. The van der Waals surface area contributed by atoms with Gasteiger partial charge in [-0.25, -0.2) is 0 Å². The highest BCUT2D eigenvalue weighted by Crippen LogP contribution is 2.48. The molecule has 2 atom stereocenters. The Balaban J connectivity index is 1.07. The van der Waals surface area contributed by atoms with Crippen molar-refractivity contribution in [3.05, 3.63) is 187 Å². The molecule has 2 unspecified atom stereocenters. The molecule has 0 spiro atoms. The van der Waals surface area contributed by atoms with Gasteiger partial charge in [-0.1, -0.05) is 143 Å². The average molecular weight is 834 g/mol. The highest BCUT2D eigenvalue weighted by Gasteiger charge is 2.40. The van der Waals surface area contributed by atoms with Gasteiger partial charge in [-0.05, 0) is 104 Å². The van der Waals surface area contributed by atoms with Gasteiger partial charge in [0, 0.05) is 80.2 Å². The van der Waals surface area contributed by atoms with Gasteiger partial charge in [0.2, 0.25) is 0 Å². The highest BCUT2D eigenvalue weighted by molar-refractivity contribution is 7.25. The van der Waals surface area contributed by atoms with Crippen LogP contribution >= 0.6 is 11.3 Å². The molecule has 0 fully saturated rings. The van der Waals surface area contributed by atoms with E-state index in [1.165, 1.54) is 102 Å². The summed E-state index contributed by atoms with van der Waals surface area (Å²) in [6, 6.07) is 66.7. The SMILES string of the molecule is CCCC(C)(c1ccc2c(c1)c1ccccc1n2C(CC)(c1ccc2c(c1)c1ccccc1n2-c1ccc2c(c1)sc1ccccc12)C(C)C)n1c2ccccc2c2ccccc21. The molecule has 4 heterocycles. The maximum Gasteiger partial charge on any atom is 0.0723 e. The van der Waals surface area contributed by atoms with Gasteiger partial charge >= 0.3 is 0 Å². The molecule has 0 bridgehead atoms. The fourth-order valence-corrected chi connectivity index (χ4v) is 13.1. The van der Waals surface area contributed by atoms with Crippen LogP contribution in [0.4, 0.5) is 0 Å². The molecule has 0 saturated heterocycles. The van der Waals surface area contributed by atoms with Gasteiger partial charge < -0.3 is 13.7 Å². The quantitative estimate of drug-likeness (QED) is 0.138. The number of aromatic nitrogens is 3. The standard InChI is InChI=1S/C59H51N3S/c1-6-34-58(5,61-52-24-14-9-18-42(52)43-19-10-15-25-53(43)61)39-28-33-55-49(35-39)45-21-11-16-26-54(45)62(55)59(7-2,38(3)4)40-29-32-51-48(36-40)44-20-8-13-23-50(44)60(51)41-30-31-47-46-22-12-17-27-56(46)63-57(47)37-41/h8-33,35-38H,6-7,34H2,1-5H3. The zero-order chi connectivity index (χ0) is 42.6. The Morgan fingerprint density at radius 3 is 1.57 bits per heavy atom. The first-order valence-electron chi connectivity index (χ1n) is 22.8. The monoisotopic (exact) mass is 833 g/mol. The van der Waals surface area contributed by atoms with Gasteiger partial charge in [-0.2, -0.15) is 0 Å². The second kappa shape index (κ2) is 14.2. The van der Waals surface area contributed by atoms with Crippen molar-refractivity contribution in [3.8, 4) is 5.69 Å². The number of benzene rings is 8. The summed E-state index contributed by atoms with van der Waals surface area (Å²) < 4.78 is 10.5. The second-order valence-corrected chi connectivity index (χ2v) is 19.4. The van der Waals surface area contributed by atoms with Crippen molar-refractivity contribution in [2.75, 3.05) is 0 Å². The van der Waals surface area contributed by atoms with Gasteiger partial charge in [0.1, 0.15) is 0 Å². The van der Waals surface area contributed by atoms with Gasteiger partial charge in [0.05, 0.1) is 22.1 Å². The number of hydrogen-bond acceptors (Lipinski definition) is 1. The maximum absolute atomic E-state index is 2.72. The first kappa shape index (κ1) is 38.1. The number of rotatable bonds is 9. The van der Waals surface area contributed by atoms with Gasteiger partial charge in [0.25, 0.3) is 0 Å². The van der Waals surface area contributed by atoms with Crippen LogP contribution in [-0.2, 0) is 11.1 Å². The third-order valence-corrected chi connectivity index (χ3v) is 15.9. The van der Waals surface area contributed by atoms with Crippen molar-refractivity contribution >= 4 is 96.9 Å². The number of fused-ring (bicyclic) bond motifs is 12. The average Bonchev–Trinajstić information content (AvgIpc) is 4.06. The van der Waals surface area contributed by atoms with Crippen LogP contribution in [0.5, 0.6) is 0 Å². The Hall–Kier alpha value is -6.62. The molecule has 4 heteroatoms. The summed E-state index contributed by atoms with van der Waals surface area (Å²) in [6.45, 7) is 12.0. The zero-order valence-corrected chi connectivity index (χ0v) is 37.5. The Bertz CT molecular complexity index is 3710. The van der Waals surface area contributed by atoms with Crippen molar-refractivity contribution < 1.29 is 0 Å². The normalized spacial score (nSPS) is 14.4. The molecule has 0 radical (unpaired) electrons. The van der Waals surface area contributed by atoms with E-state index in [0.29, 0.717) is 5.92 Å². The Morgan fingerprint density at radius 1 is 0.444 bits per heavy atom. The van der Waals surface area contributed by atoms with E-state index >= 15 is 0 Å². The minimum absolute atomic E-state index is 0.268. The summed E-state index contributed by atoms with van der Waals surface area (Å²) in [4.78, 5) is 0. The lowest BCUT2D eigenvalue weighted by Crippen LogP contribution is -2.39. The van der Waals surface area contributed by atoms with E-state index in [-0.39, 0.29) is 11.1 Å². The van der Waals surface area contributed by atoms with E-state index in [1.54, 1.807) is 0 Å². The predicted molar refractivity (Wildman–Crippen MR) is 272 cm³/mol. The molecule has 0 N–H and O–H groups in total. The second-order valence-electron chi connectivity index (χ2n) is 18.3. The van der Waals surface area contributed by atoms with Crippen LogP contribution in [0.2, 0.25) is 0 Å². The zero-order valence-electron chi connectivity index (χ0n) is 36.7. The molecule has 0 amide bonds. The molecule has 4 aromatic heterocycles. The van der Waals surface area contributed by atoms with Crippen molar-refractivity contribution in [2.45, 2.75) is 65.0 Å². The molecule has 308 valence electrons. The maximum atomic E-state index is 2.72. The fraction of sp³-hybridized carbons (Fsp3) is 0.186. The first-order valence-corrected chi connectivity index (χ1v) is 23.7. The summed E-state index contributed by atoms with van der Waals surface area (Å²) in [5.41, 5.74) is 10.9. The van der Waals surface area contributed by atoms with E-state index in [2.05, 4.69) is 224 Å². The van der Waals surface area contributed by atoms with Gasteiger partial charge in [0.15, 0.2) is 0 Å². The summed E-state index contributed by atoms with van der Waals surface area (Å²) in [5, 5.41) is 10.5. The minimum Gasteiger partial charge on any atom is -0.330 e. The van der Waals surface area contributed by atoms with Crippen LogP contribution in [0, 0.1) is 5.92 Å². The summed E-state index contributed by atoms with van der Waals surface area (Å²) in [6.07, 6.45) is 3.04. The van der Waals surface area contributed by atoms with Crippen LogP contribution in [0.3, 0.4) is 0 Å². The molecule has 12 aromatic rings. The Morgan fingerprint density at radius 2 is 0.921 bits per heavy atom. The fourth-order valence-electron chi connectivity index (χ4n) is 11.9. The molecule has 12 rings (SSSR count). The highest BCUT2D eigenvalue weighted by atomic mass is 32.1. The van der Waals surface area contributed by atoms with Crippen molar-refractivity contribution in [1.29, 1.82) is 0 Å². The number of para-hydroxylation sites is 4. The third kappa shape index (κ3) is 5.31. The van der Waals surface area contributed by atoms with Gasteiger partial charge in [-0.3, -0.25) is 0 Å². The molecule has 8 aromatic carbocycles. The van der Waals surface area contributed by atoms with Crippen LogP contribution in [0.1, 0.15) is 65.0 Å². The van der Waals surface area contributed by atoms with Crippen LogP contribution < -0.4 is 0 Å². The van der Waals surface area contributed by atoms with E-state index < -0.39 is 0 Å². The summed E-state index contributed by atoms with van der Waals surface area (Å²) >= 11 is 1.88. The van der Waals surface area contributed by atoms with Gasteiger partial charge in [-0.15, -0.1) is 11.3 Å². The molecule has 0 saturated carbocycles.